The van der Waals surface area contributed by atoms with E-state index in [1.807, 2.05) is 13.0 Å². The standard InChI is InChI=1S/C30H40N2O4/c1-3-35-28-20-23(15-16-25(28)30(34)36-4-2)21-29(33)31-26(19-22-11-10-12-22)24-13-6-7-14-27(24)32-17-8-5-9-18-32/h6-7,13-16,20,22,26H,3-5,8-12,17-19,21H2,1-2H3,(H,31,33). The number of nitrogens with zero attached hydrogens (tertiary/aromatic N) is 1. The molecule has 1 saturated carbocycles. The van der Waals surface area contributed by atoms with Gasteiger partial charge in [-0.15, -0.1) is 0 Å². The Labute approximate surface area is 215 Å². The second-order valence-corrected chi connectivity index (χ2v) is 9.92. The van der Waals surface area contributed by atoms with Crippen molar-refractivity contribution >= 4 is 17.6 Å². The molecule has 1 N–H and O–H groups in total. The van der Waals surface area contributed by atoms with Crippen LogP contribution in [-0.2, 0) is 16.0 Å². The van der Waals surface area contributed by atoms with Crippen molar-refractivity contribution in [1.82, 2.24) is 5.32 Å². The Morgan fingerprint density at radius 2 is 1.78 bits per heavy atom. The summed E-state index contributed by atoms with van der Waals surface area (Å²) in [4.78, 5) is 28.1. The summed E-state index contributed by atoms with van der Waals surface area (Å²) in [5.41, 5.74) is 3.70. The van der Waals surface area contributed by atoms with Crippen LogP contribution in [0.5, 0.6) is 5.75 Å². The third-order valence-electron chi connectivity index (χ3n) is 7.34. The fourth-order valence-electron chi connectivity index (χ4n) is 5.29. The molecule has 2 aromatic carbocycles. The second-order valence-electron chi connectivity index (χ2n) is 9.92. The summed E-state index contributed by atoms with van der Waals surface area (Å²) in [5, 5.41) is 3.37. The van der Waals surface area contributed by atoms with E-state index >= 15 is 0 Å². The maximum atomic E-state index is 13.3. The Morgan fingerprint density at radius 3 is 2.47 bits per heavy atom. The molecule has 2 aromatic rings. The Kier molecular flexibility index (Phi) is 9.26. The lowest BCUT2D eigenvalue weighted by molar-refractivity contribution is -0.121. The summed E-state index contributed by atoms with van der Waals surface area (Å²) in [6.07, 6.45) is 8.71. The van der Waals surface area contributed by atoms with Gasteiger partial charge in [0.15, 0.2) is 0 Å². The van der Waals surface area contributed by atoms with Crippen LogP contribution in [0.1, 0.15) is 86.3 Å². The Balaban J connectivity index is 1.51. The number of benzene rings is 2. The number of amides is 1. The van der Waals surface area contributed by atoms with Crippen molar-refractivity contribution in [1.29, 1.82) is 0 Å². The molecule has 0 radical (unpaired) electrons. The van der Waals surface area contributed by atoms with Crippen molar-refractivity contribution in [2.24, 2.45) is 5.92 Å². The van der Waals surface area contributed by atoms with E-state index in [1.165, 1.54) is 49.8 Å². The number of carbonyl (C=O) groups is 2. The molecule has 36 heavy (non-hydrogen) atoms. The highest BCUT2D eigenvalue weighted by molar-refractivity contribution is 5.93. The normalized spacial score (nSPS) is 16.7. The van der Waals surface area contributed by atoms with Crippen LogP contribution in [0, 0.1) is 5.92 Å². The van der Waals surface area contributed by atoms with Crippen LogP contribution in [-0.4, -0.2) is 38.2 Å². The highest BCUT2D eigenvalue weighted by Gasteiger charge is 2.27. The largest absolute Gasteiger partial charge is 0.493 e. The molecule has 2 fully saturated rings. The molecule has 1 atom stereocenters. The van der Waals surface area contributed by atoms with E-state index in [2.05, 4.69) is 34.5 Å². The Morgan fingerprint density at radius 1 is 1.00 bits per heavy atom. The average Bonchev–Trinajstić information content (AvgIpc) is 2.86. The minimum Gasteiger partial charge on any atom is -0.493 e. The number of esters is 1. The molecule has 1 unspecified atom stereocenters. The van der Waals surface area contributed by atoms with Crippen LogP contribution in [0.25, 0.3) is 0 Å². The van der Waals surface area contributed by atoms with E-state index in [-0.39, 0.29) is 18.4 Å². The first-order valence-corrected chi connectivity index (χ1v) is 13.6. The summed E-state index contributed by atoms with van der Waals surface area (Å²) in [6.45, 7) is 6.54. The van der Waals surface area contributed by atoms with Gasteiger partial charge in [0.1, 0.15) is 11.3 Å². The number of piperidine rings is 1. The van der Waals surface area contributed by atoms with Gasteiger partial charge in [-0.3, -0.25) is 4.79 Å². The van der Waals surface area contributed by atoms with E-state index < -0.39 is 5.97 Å². The molecule has 1 aliphatic carbocycles. The highest BCUT2D eigenvalue weighted by atomic mass is 16.5. The smallest absolute Gasteiger partial charge is 0.341 e. The van der Waals surface area contributed by atoms with Crippen molar-refractivity contribution in [2.45, 2.75) is 71.3 Å². The molecular weight excluding hydrogens is 452 g/mol. The number of para-hydroxylation sites is 1. The molecule has 194 valence electrons. The van der Waals surface area contributed by atoms with Gasteiger partial charge < -0.3 is 19.7 Å². The van der Waals surface area contributed by atoms with Crippen LogP contribution in [0.2, 0.25) is 0 Å². The van der Waals surface area contributed by atoms with E-state index in [9.17, 15) is 9.59 Å². The summed E-state index contributed by atoms with van der Waals surface area (Å²) >= 11 is 0. The van der Waals surface area contributed by atoms with Gasteiger partial charge in [-0.25, -0.2) is 4.79 Å². The molecule has 6 heteroatoms. The molecule has 1 saturated heterocycles. The zero-order valence-corrected chi connectivity index (χ0v) is 21.8. The molecule has 4 rings (SSSR count). The molecule has 0 aromatic heterocycles. The first-order valence-electron chi connectivity index (χ1n) is 13.6. The predicted molar refractivity (Wildman–Crippen MR) is 143 cm³/mol. The van der Waals surface area contributed by atoms with Crippen LogP contribution < -0.4 is 15.0 Å². The minimum atomic E-state index is -0.410. The van der Waals surface area contributed by atoms with Crippen LogP contribution >= 0.6 is 0 Å². The third kappa shape index (κ3) is 6.59. The van der Waals surface area contributed by atoms with Crippen molar-refractivity contribution < 1.29 is 19.1 Å². The first-order chi connectivity index (χ1) is 17.6. The maximum absolute atomic E-state index is 13.3. The summed E-state index contributed by atoms with van der Waals surface area (Å²) in [7, 11) is 0. The summed E-state index contributed by atoms with van der Waals surface area (Å²) < 4.78 is 10.8. The fourth-order valence-corrected chi connectivity index (χ4v) is 5.29. The number of hydrogen-bond acceptors (Lipinski definition) is 5. The quantitative estimate of drug-likeness (QED) is 0.399. The zero-order valence-electron chi connectivity index (χ0n) is 21.8. The van der Waals surface area contributed by atoms with Gasteiger partial charge in [-0.05, 0) is 74.8 Å². The number of anilines is 1. The van der Waals surface area contributed by atoms with Crippen LogP contribution in [0.15, 0.2) is 42.5 Å². The summed E-state index contributed by atoms with van der Waals surface area (Å²) in [5.74, 6) is 0.701. The monoisotopic (exact) mass is 492 g/mol. The number of ether oxygens (including phenoxy) is 2. The lowest BCUT2D eigenvalue weighted by Crippen LogP contribution is -2.35. The predicted octanol–water partition coefficient (Wildman–Crippen LogP) is 5.84. The van der Waals surface area contributed by atoms with E-state index in [0.717, 1.165) is 25.1 Å². The topological polar surface area (TPSA) is 67.9 Å². The van der Waals surface area contributed by atoms with Gasteiger partial charge in [-0.2, -0.15) is 0 Å². The molecule has 1 aliphatic heterocycles. The molecule has 0 bridgehead atoms. The van der Waals surface area contributed by atoms with Crippen LogP contribution in [0.3, 0.4) is 0 Å². The van der Waals surface area contributed by atoms with Gasteiger partial charge in [0.2, 0.25) is 5.91 Å². The molecule has 2 aliphatic rings. The molecule has 6 nitrogen and oxygen atoms in total. The number of carbonyl (C=O) groups excluding carboxylic acids is 2. The lowest BCUT2D eigenvalue weighted by atomic mass is 9.79. The molecular formula is C30H40N2O4. The molecule has 1 heterocycles. The Hall–Kier alpha value is -3.02. The SMILES string of the molecule is CCOC(=O)c1ccc(CC(=O)NC(CC2CCC2)c2ccccc2N2CCCCC2)cc1OCC. The summed E-state index contributed by atoms with van der Waals surface area (Å²) in [6, 6.07) is 13.9. The van der Waals surface area contributed by atoms with E-state index in [0.29, 0.717) is 30.4 Å². The third-order valence-corrected chi connectivity index (χ3v) is 7.34. The maximum Gasteiger partial charge on any atom is 0.341 e. The van der Waals surface area contributed by atoms with Gasteiger partial charge in [-0.1, -0.05) is 43.5 Å². The van der Waals surface area contributed by atoms with Crippen molar-refractivity contribution in [2.75, 3.05) is 31.2 Å². The molecule has 0 spiro atoms. The second kappa shape index (κ2) is 12.8. The minimum absolute atomic E-state index is 0.00825. The van der Waals surface area contributed by atoms with Crippen LogP contribution in [0.4, 0.5) is 5.69 Å². The van der Waals surface area contributed by atoms with Gasteiger partial charge in [0, 0.05) is 18.8 Å². The number of nitrogens with one attached hydrogen (secondary N) is 1. The van der Waals surface area contributed by atoms with Gasteiger partial charge >= 0.3 is 5.97 Å². The first kappa shape index (κ1) is 26.1. The van der Waals surface area contributed by atoms with E-state index in [4.69, 9.17) is 9.47 Å². The molecule has 1 amide bonds. The Bertz CT molecular complexity index is 1030. The van der Waals surface area contributed by atoms with Gasteiger partial charge in [0.05, 0.1) is 25.7 Å². The number of rotatable bonds is 11. The van der Waals surface area contributed by atoms with Crippen molar-refractivity contribution in [3.63, 3.8) is 0 Å². The lowest BCUT2D eigenvalue weighted by Gasteiger charge is -2.35. The fraction of sp³-hybridized carbons (Fsp3) is 0.533. The average molecular weight is 493 g/mol. The number of hydrogen-bond donors (Lipinski definition) is 1. The van der Waals surface area contributed by atoms with E-state index in [1.54, 1.807) is 19.1 Å². The van der Waals surface area contributed by atoms with Crippen molar-refractivity contribution in [3.05, 3.63) is 59.2 Å². The highest BCUT2D eigenvalue weighted by Crippen LogP contribution is 2.38. The zero-order chi connectivity index (χ0) is 25.3. The van der Waals surface area contributed by atoms with Gasteiger partial charge in [0.25, 0.3) is 0 Å². The van der Waals surface area contributed by atoms with Crippen molar-refractivity contribution in [3.8, 4) is 5.75 Å².